The lowest BCUT2D eigenvalue weighted by molar-refractivity contribution is 0.144. The maximum absolute atomic E-state index is 13.2. The van der Waals surface area contributed by atoms with Gasteiger partial charge in [-0.2, -0.15) is 5.10 Å². The molecule has 5 aromatic rings. The number of aromatic nitrogens is 4. The Bertz CT molecular complexity index is 1770. The maximum atomic E-state index is 13.2. The number of nitrogens with zero attached hydrogens (tertiary/aromatic N) is 4. The molecule has 0 spiro atoms. The van der Waals surface area contributed by atoms with Crippen LogP contribution in [0, 0.1) is 6.92 Å². The van der Waals surface area contributed by atoms with Crippen LogP contribution in [-0.2, 0) is 10.2 Å². The third-order valence-electron chi connectivity index (χ3n) is 6.73. The number of amides is 2. The fourth-order valence-electron chi connectivity index (χ4n) is 4.38. The van der Waals surface area contributed by atoms with Crippen LogP contribution in [0.1, 0.15) is 32.0 Å². The Morgan fingerprint density at radius 2 is 1.73 bits per heavy atom. The van der Waals surface area contributed by atoms with Gasteiger partial charge in [0, 0.05) is 40.6 Å². The molecule has 0 atom stereocenters. The first-order chi connectivity index (χ1) is 21.1. The molecule has 11 heteroatoms. The van der Waals surface area contributed by atoms with Crippen molar-refractivity contribution in [1.29, 1.82) is 0 Å². The number of urea groups is 1. The molecular formula is C33H36N6O4S. The van der Waals surface area contributed by atoms with E-state index in [1.165, 1.54) is 18.1 Å². The summed E-state index contributed by atoms with van der Waals surface area (Å²) in [6.45, 7) is 9.16. The van der Waals surface area contributed by atoms with Crippen molar-refractivity contribution in [2.45, 2.75) is 43.0 Å². The highest BCUT2D eigenvalue weighted by Gasteiger charge is 2.22. The number of nitrogens with one attached hydrogen (secondary N) is 2. The smallest absolute Gasteiger partial charge is 0.324 e. The predicted octanol–water partition coefficient (Wildman–Crippen LogP) is 7.25. The molecule has 10 nitrogen and oxygen atoms in total. The second-order valence-electron chi connectivity index (χ2n) is 11.2. The summed E-state index contributed by atoms with van der Waals surface area (Å²) in [4.78, 5) is 23.0. The van der Waals surface area contributed by atoms with Crippen LogP contribution in [0.15, 0.2) is 83.0 Å². The van der Waals surface area contributed by atoms with Gasteiger partial charge in [-0.15, -0.1) is 0 Å². The number of anilines is 2. The minimum Gasteiger partial charge on any atom is -0.493 e. The summed E-state index contributed by atoms with van der Waals surface area (Å²) in [5.41, 5.74) is 4.05. The van der Waals surface area contributed by atoms with Crippen molar-refractivity contribution in [1.82, 2.24) is 19.7 Å². The first-order valence-corrected chi connectivity index (χ1v) is 14.9. The average molecular weight is 613 g/mol. The van der Waals surface area contributed by atoms with Crippen LogP contribution in [0.25, 0.3) is 16.6 Å². The van der Waals surface area contributed by atoms with E-state index in [2.05, 4.69) is 41.4 Å². The van der Waals surface area contributed by atoms with Crippen molar-refractivity contribution in [3.05, 3.63) is 84.3 Å². The zero-order valence-corrected chi connectivity index (χ0v) is 26.5. The van der Waals surface area contributed by atoms with E-state index in [-0.39, 0.29) is 11.4 Å². The Kier molecular flexibility index (Phi) is 9.36. The van der Waals surface area contributed by atoms with E-state index in [1.807, 2.05) is 73.7 Å². The molecule has 0 saturated heterocycles. The summed E-state index contributed by atoms with van der Waals surface area (Å²) in [6.07, 6.45) is 1.52. The van der Waals surface area contributed by atoms with Gasteiger partial charge < -0.3 is 19.5 Å². The number of carbonyl (C=O) groups is 1. The fourth-order valence-corrected chi connectivity index (χ4v) is 5.31. The number of aryl methyl sites for hydroxylation is 1. The molecule has 0 aliphatic carbocycles. The summed E-state index contributed by atoms with van der Waals surface area (Å²) in [5, 5.41) is 12.3. The predicted molar refractivity (Wildman–Crippen MR) is 174 cm³/mol. The largest absolute Gasteiger partial charge is 0.493 e. The van der Waals surface area contributed by atoms with Crippen LogP contribution in [0.2, 0.25) is 0 Å². The highest BCUT2D eigenvalue weighted by atomic mass is 32.2. The standard InChI is InChI=1S/C33H36N6O4S/c1-21-10-12-23(13-11-21)39-30(19-29(38-39)33(2,3)4)37-32(40)36-22-8-7-9-24(16-22)44-31-25-17-27(42-6)28(43-15-14-41-5)18-26(25)34-20-35-31/h7-13,16-20H,14-15H2,1-6H3,(H2,36,37,40). The van der Waals surface area contributed by atoms with Gasteiger partial charge in [0.05, 0.1) is 30.6 Å². The van der Waals surface area contributed by atoms with E-state index in [4.69, 9.17) is 19.3 Å². The van der Waals surface area contributed by atoms with Crippen LogP contribution in [-0.4, -0.2) is 53.2 Å². The Balaban J connectivity index is 1.34. The van der Waals surface area contributed by atoms with Crippen molar-refractivity contribution < 1.29 is 19.0 Å². The zero-order valence-electron chi connectivity index (χ0n) is 25.7. The van der Waals surface area contributed by atoms with Gasteiger partial charge >= 0.3 is 6.03 Å². The molecule has 2 aromatic heterocycles. The van der Waals surface area contributed by atoms with E-state index < -0.39 is 0 Å². The quantitative estimate of drug-likeness (QED) is 0.125. The number of benzene rings is 3. The molecule has 0 unspecified atom stereocenters. The molecule has 3 aromatic carbocycles. The molecule has 44 heavy (non-hydrogen) atoms. The molecule has 0 fully saturated rings. The van der Waals surface area contributed by atoms with Crippen molar-refractivity contribution >= 4 is 40.2 Å². The number of hydrogen-bond acceptors (Lipinski definition) is 8. The first-order valence-electron chi connectivity index (χ1n) is 14.1. The Hall–Kier alpha value is -4.61. The summed E-state index contributed by atoms with van der Waals surface area (Å²) < 4.78 is 18.2. The summed E-state index contributed by atoms with van der Waals surface area (Å²) in [5.74, 6) is 1.74. The first kappa shape index (κ1) is 30.8. The number of hydrogen-bond donors (Lipinski definition) is 2. The van der Waals surface area contributed by atoms with Crippen molar-refractivity contribution in [2.24, 2.45) is 0 Å². The van der Waals surface area contributed by atoms with Crippen LogP contribution in [0.5, 0.6) is 11.5 Å². The second kappa shape index (κ2) is 13.4. The van der Waals surface area contributed by atoms with Crippen LogP contribution in [0.4, 0.5) is 16.3 Å². The van der Waals surface area contributed by atoms with Crippen LogP contribution >= 0.6 is 11.8 Å². The topological polar surface area (TPSA) is 112 Å². The van der Waals surface area contributed by atoms with Crippen LogP contribution in [0.3, 0.4) is 0 Å². The number of rotatable bonds is 10. The van der Waals surface area contributed by atoms with Gasteiger partial charge in [0.25, 0.3) is 0 Å². The number of fused-ring (bicyclic) bond motifs is 1. The van der Waals surface area contributed by atoms with E-state index in [9.17, 15) is 4.79 Å². The third-order valence-corrected chi connectivity index (χ3v) is 7.74. The van der Waals surface area contributed by atoms with Crippen molar-refractivity contribution in [2.75, 3.05) is 38.1 Å². The highest BCUT2D eigenvalue weighted by molar-refractivity contribution is 7.99. The molecule has 0 saturated carbocycles. The van der Waals surface area contributed by atoms with E-state index in [1.54, 1.807) is 18.9 Å². The molecular weight excluding hydrogens is 576 g/mol. The Morgan fingerprint density at radius 1 is 0.932 bits per heavy atom. The molecule has 0 radical (unpaired) electrons. The number of ether oxygens (including phenoxy) is 3. The molecule has 2 amide bonds. The Morgan fingerprint density at radius 3 is 2.45 bits per heavy atom. The van der Waals surface area contributed by atoms with Gasteiger partial charge in [0.1, 0.15) is 23.8 Å². The number of methoxy groups -OCH3 is 2. The molecule has 0 aliphatic rings. The molecule has 2 heterocycles. The maximum Gasteiger partial charge on any atom is 0.324 e. The van der Waals surface area contributed by atoms with Crippen LogP contribution < -0.4 is 20.1 Å². The van der Waals surface area contributed by atoms with Gasteiger partial charge in [0.15, 0.2) is 11.5 Å². The lowest BCUT2D eigenvalue weighted by Crippen LogP contribution is -2.21. The minimum absolute atomic E-state index is 0.192. The summed E-state index contributed by atoms with van der Waals surface area (Å²) in [7, 11) is 3.22. The van der Waals surface area contributed by atoms with E-state index in [0.717, 1.165) is 37.8 Å². The fraction of sp³-hybridized carbons (Fsp3) is 0.273. The SMILES string of the molecule is COCCOc1cc2ncnc(Sc3cccc(NC(=O)Nc4cc(C(C)(C)C)nn4-c4ccc(C)cc4)c3)c2cc1OC. The normalized spacial score (nSPS) is 11.4. The number of carbonyl (C=O) groups excluding carboxylic acids is 1. The zero-order chi connectivity index (χ0) is 31.3. The molecule has 228 valence electrons. The average Bonchev–Trinajstić information content (AvgIpc) is 3.42. The summed E-state index contributed by atoms with van der Waals surface area (Å²) >= 11 is 1.46. The summed E-state index contributed by atoms with van der Waals surface area (Å²) in [6, 6.07) is 20.8. The third kappa shape index (κ3) is 7.29. The van der Waals surface area contributed by atoms with Gasteiger partial charge in [-0.3, -0.25) is 5.32 Å². The Labute approximate surface area is 261 Å². The van der Waals surface area contributed by atoms with Gasteiger partial charge in [-0.1, -0.05) is 56.3 Å². The van der Waals surface area contributed by atoms with Gasteiger partial charge in [0.2, 0.25) is 0 Å². The van der Waals surface area contributed by atoms with Gasteiger partial charge in [-0.05, 0) is 43.3 Å². The van der Waals surface area contributed by atoms with Gasteiger partial charge in [-0.25, -0.2) is 19.4 Å². The van der Waals surface area contributed by atoms with Crippen molar-refractivity contribution in [3.63, 3.8) is 0 Å². The second-order valence-corrected chi connectivity index (χ2v) is 12.2. The molecule has 2 N–H and O–H groups in total. The monoisotopic (exact) mass is 612 g/mol. The van der Waals surface area contributed by atoms with E-state index >= 15 is 0 Å². The highest BCUT2D eigenvalue weighted by Crippen LogP contribution is 2.38. The molecule has 0 bridgehead atoms. The molecule has 0 aliphatic heterocycles. The molecule has 5 rings (SSSR count). The lowest BCUT2D eigenvalue weighted by Gasteiger charge is -2.14. The lowest BCUT2D eigenvalue weighted by atomic mass is 9.92. The minimum atomic E-state index is -0.376. The van der Waals surface area contributed by atoms with E-state index in [0.29, 0.717) is 36.2 Å². The van der Waals surface area contributed by atoms with Crippen molar-refractivity contribution in [3.8, 4) is 17.2 Å².